The summed E-state index contributed by atoms with van der Waals surface area (Å²) in [4.78, 5) is 15.5. The Hall–Kier alpha value is -1.81. The first kappa shape index (κ1) is 11.7. The third-order valence-electron chi connectivity index (χ3n) is 2.32. The normalized spacial score (nSPS) is 10.2. The Morgan fingerprint density at radius 2 is 2.24 bits per heavy atom. The van der Waals surface area contributed by atoms with E-state index in [1.807, 2.05) is 18.2 Å². The molecule has 1 aromatic heterocycles. The van der Waals surface area contributed by atoms with E-state index in [4.69, 9.17) is 11.6 Å². The van der Waals surface area contributed by atoms with Crippen molar-refractivity contribution in [2.45, 2.75) is 13.1 Å². The van der Waals surface area contributed by atoms with Crippen LogP contribution in [0.3, 0.4) is 0 Å². The van der Waals surface area contributed by atoms with Crippen LogP contribution in [-0.4, -0.2) is 15.5 Å². The second-order valence-corrected chi connectivity index (χ2v) is 4.01. The third-order valence-corrected chi connectivity index (χ3v) is 2.69. The fraction of sp³-hybridized carbons (Fsp3) is 0.167. The maximum absolute atomic E-state index is 11.6. The zero-order valence-corrected chi connectivity index (χ0v) is 9.89. The zero-order chi connectivity index (χ0) is 12.1. The lowest BCUT2D eigenvalue weighted by Crippen LogP contribution is -2.26. The van der Waals surface area contributed by atoms with E-state index in [2.05, 4.69) is 10.3 Å². The van der Waals surface area contributed by atoms with Gasteiger partial charge in [-0.2, -0.15) is 0 Å². The molecule has 1 aromatic carbocycles. The third kappa shape index (κ3) is 3.32. The van der Waals surface area contributed by atoms with Gasteiger partial charge in [-0.05, 0) is 11.6 Å². The standard InChI is InChI=1S/C12H12ClN3O/c13-11-4-2-1-3-10(11)7-15-12(17)8-16-6-5-14-9-16/h1-6,9H,7-8H2,(H,15,17). The van der Waals surface area contributed by atoms with Gasteiger partial charge in [0.25, 0.3) is 0 Å². The molecule has 0 radical (unpaired) electrons. The lowest BCUT2D eigenvalue weighted by Gasteiger charge is -2.07. The van der Waals surface area contributed by atoms with Crippen molar-refractivity contribution >= 4 is 17.5 Å². The van der Waals surface area contributed by atoms with Crippen LogP contribution >= 0.6 is 11.6 Å². The minimum Gasteiger partial charge on any atom is -0.350 e. The first-order chi connectivity index (χ1) is 8.25. The molecule has 0 aliphatic carbocycles. The molecule has 4 nitrogen and oxygen atoms in total. The van der Waals surface area contributed by atoms with Crippen LogP contribution in [0.4, 0.5) is 0 Å². The molecule has 0 atom stereocenters. The number of aromatic nitrogens is 2. The number of imidazole rings is 1. The Morgan fingerprint density at radius 1 is 1.41 bits per heavy atom. The molecule has 0 fully saturated rings. The molecule has 1 N–H and O–H groups in total. The van der Waals surface area contributed by atoms with Crippen molar-refractivity contribution in [3.05, 3.63) is 53.6 Å². The number of nitrogens with zero attached hydrogens (tertiary/aromatic N) is 2. The molecular weight excluding hydrogens is 238 g/mol. The van der Waals surface area contributed by atoms with Crippen LogP contribution in [0, 0.1) is 0 Å². The van der Waals surface area contributed by atoms with Crippen molar-refractivity contribution in [2.24, 2.45) is 0 Å². The van der Waals surface area contributed by atoms with Crippen molar-refractivity contribution in [2.75, 3.05) is 0 Å². The quantitative estimate of drug-likeness (QED) is 0.899. The molecule has 88 valence electrons. The van der Waals surface area contributed by atoms with Crippen LogP contribution in [0.1, 0.15) is 5.56 Å². The van der Waals surface area contributed by atoms with Gasteiger partial charge in [0.05, 0.1) is 6.33 Å². The Bertz CT molecular complexity index is 496. The molecule has 17 heavy (non-hydrogen) atoms. The number of hydrogen-bond acceptors (Lipinski definition) is 2. The van der Waals surface area contributed by atoms with Crippen molar-refractivity contribution < 1.29 is 4.79 Å². The van der Waals surface area contributed by atoms with Crippen LogP contribution < -0.4 is 5.32 Å². The summed E-state index contributed by atoms with van der Waals surface area (Å²) in [7, 11) is 0. The summed E-state index contributed by atoms with van der Waals surface area (Å²) in [5.74, 6) is -0.0667. The lowest BCUT2D eigenvalue weighted by atomic mass is 10.2. The molecule has 0 bridgehead atoms. The predicted octanol–water partition coefficient (Wildman–Crippen LogP) is 1.85. The van der Waals surface area contributed by atoms with Gasteiger partial charge in [-0.3, -0.25) is 4.79 Å². The van der Waals surface area contributed by atoms with Crippen molar-refractivity contribution in [3.63, 3.8) is 0 Å². The maximum atomic E-state index is 11.6. The van der Waals surface area contributed by atoms with Crippen molar-refractivity contribution in [1.29, 1.82) is 0 Å². The highest BCUT2D eigenvalue weighted by Crippen LogP contribution is 2.14. The molecule has 0 saturated heterocycles. The van der Waals surface area contributed by atoms with Crippen LogP contribution in [0.5, 0.6) is 0 Å². The van der Waals surface area contributed by atoms with E-state index in [0.717, 1.165) is 5.56 Å². The molecule has 2 aromatic rings. The van der Waals surface area contributed by atoms with E-state index < -0.39 is 0 Å². The number of nitrogens with one attached hydrogen (secondary N) is 1. The minimum atomic E-state index is -0.0667. The number of carbonyl (C=O) groups excluding carboxylic acids is 1. The summed E-state index contributed by atoms with van der Waals surface area (Å²) in [6.07, 6.45) is 4.99. The Balaban J connectivity index is 1.86. The second kappa shape index (κ2) is 5.50. The highest BCUT2D eigenvalue weighted by Gasteiger charge is 2.03. The van der Waals surface area contributed by atoms with Crippen LogP contribution in [0.2, 0.25) is 5.02 Å². The minimum absolute atomic E-state index is 0.0667. The van der Waals surface area contributed by atoms with Crippen LogP contribution in [0.25, 0.3) is 0 Å². The summed E-state index contributed by atoms with van der Waals surface area (Å²) in [5, 5.41) is 3.47. The van der Waals surface area contributed by atoms with Gasteiger partial charge in [0.15, 0.2) is 0 Å². The number of amides is 1. The van der Waals surface area contributed by atoms with Gasteiger partial charge < -0.3 is 9.88 Å². The van der Waals surface area contributed by atoms with E-state index >= 15 is 0 Å². The van der Waals surface area contributed by atoms with Crippen LogP contribution in [-0.2, 0) is 17.9 Å². The molecule has 1 amide bonds. The smallest absolute Gasteiger partial charge is 0.240 e. The Labute approximate surface area is 104 Å². The topological polar surface area (TPSA) is 46.9 Å². The molecule has 2 rings (SSSR count). The molecule has 0 aliphatic heterocycles. The Kier molecular flexibility index (Phi) is 3.77. The van der Waals surface area contributed by atoms with E-state index in [1.165, 1.54) is 0 Å². The number of hydrogen-bond donors (Lipinski definition) is 1. The largest absolute Gasteiger partial charge is 0.350 e. The highest BCUT2D eigenvalue weighted by molar-refractivity contribution is 6.31. The maximum Gasteiger partial charge on any atom is 0.240 e. The van der Waals surface area contributed by atoms with E-state index in [-0.39, 0.29) is 12.5 Å². The number of rotatable bonds is 4. The van der Waals surface area contributed by atoms with E-state index in [0.29, 0.717) is 11.6 Å². The van der Waals surface area contributed by atoms with Gasteiger partial charge in [-0.25, -0.2) is 4.98 Å². The van der Waals surface area contributed by atoms with Gasteiger partial charge in [-0.15, -0.1) is 0 Å². The van der Waals surface area contributed by atoms with E-state index in [1.54, 1.807) is 29.4 Å². The van der Waals surface area contributed by atoms with E-state index in [9.17, 15) is 4.79 Å². The van der Waals surface area contributed by atoms with Crippen LogP contribution in [0.15, 0.2) is 43.0 Å². The van der Waals surface area contributed by atoms with Gasteiger partial charge in [-0.1, -0.05) is 29.8 Å². The molecule has 0 saturated carbocycles. The van der Waals surface area contributed by atoms with Crippen molar-refractivity contribution in [3.8, 4) is 0 Å². The fourth-order valence-electron chi connectivity index (χ4n) is 1.44. The lowest BCUT2D eigenvalue weighted by molar-refractivity contribution is -0.121. The number of halogens is 1. The average molecular weight is 250 g/mol. The SMILES string of the molecule is O=C(Cn1ccnc1)NCc1ccccc1Cl. The first-order valence-corrected chi connectivity index (χ1v) is 5.59. The van der Waals surface area contributed by atoms with Gasteiger partial charge in [0.2, 0.25) is 5.91 Å². The number of carbonyl (C=O) groups is 1. The number of benzene rings is 1. The first-order valence-electron chi connectivity index (χ1n) is 5.21. The van der Waals surface area contributed by atoms with Gasteiger partial charge >= 0.3 is 0 Å². The second-order valence-electron chi connectivity index (χ2n) is 3.60. The highest BCUT2D eigenvalue weighted by atomic mass is 35.5. The van der Waals surface area contributed by atoms with Crippen molar-refractivity contribution in [1.82, 2.24) is 14.9 Å². The van der Waals surface area contributed by atoms with Gasteiger partial charge in [0, 0.05) is 24.0 Å². The summed E-state index contributed by atoms with van der Waals surface area (Å²) in [5.41, 5.74) is 0.910. The molecular formula is C12H12ClN3O. The summed E-state index contributed by atoms with van der Waals surface area (Å²) >= 11 is 5.98. The molecule has 0 aliphatic rings. The Morgan fingerprint density at radius 3 is 2.94 bits per heavy atom. The molecule has 5 heteroatoms. The molecule has 0 unspecified atom stereocenters. The average Bonchev–Trinajstić information content (AvgIpc) is 2.81. The zero-order valence-electron chi connectivity index (χ0n) is 9.14. The monoisotopic (exact) mass is 249 g/mol. The summed E-state index contributed by atoms with van der Waals surface area (Å²) in [6, 6.07) is 7.45. The fourth-order valence-corrected chi connectivity index (χ4v) is 1.64. The summed E-state index contributed by atoms with van der Waals surface area (Å²) < 4.78 is 1.71. The van der Waals surface area contributed by atoms with Gasteiger partial charge in [0.1, 0.15) is 6.54 Å². The molecule has 1 heterocycles. The molecule has 0 spiro atoms. The summed E-state index contributed by atoms with van der Waals surface area (Å²) in [6.45, 7) is 0.706. The predicted molar refractivity (Wildman–Crippen MR) is 65.5 cm³/mol.